The molecule has 4 atom stereocenters. The molecule has 0 spiro atoms. The highest BCUT2D eigenvalue weighted by Gasteiger charge is 2.31. The number of rotatable bonds is 15. The molecule has 2 heterocycles. The number of amides is 3. The summed E-state index contributed by atoms with van der Waals surface area (Å²) in [7, 11) is 0. The van der Waals surface area contributed by atoms with Gasteiger partial charge < -0.3 is 41.9 Å². The fourth-order valence-electron chi connectivity index (χ4n) is 4.50. The Morgan fingerprint density at radius 1 is 0.682 bits per heavy atom. The van der Waals surface area contributed by atoms with Crippen molar-refractivity contribution in [3.63, 3.8) is 0 Å². The van der Waals surface area contributed by atoms with E-state index < -0.39 is 47.9 Å². The first-order chi connectivity index (χ1) is 21.2. The summed E-state index contributed by atoms with van der Waals surface area (Å²) in [4.78, 5) is 65.9. The molecule has 230 valence electrons. The number of phenols is 1. The van der Waals surface area contributed by atoms with Crippen LogP contribution in [0.2, 0.25) is 0 Å². The molecule has 9 N–H and O–H groups in total. The van der Waals surface area contributed by atoms with Crippen LogP contribution in [0.5, 0.6) is 5.75 Å². The second kappa shape index (κ2) is 15.1. The van der Waals surface area contributed by atoms with E-state index in [1.54, 1.807) is 42.5 Å². The topological polar surface area (TPSA) is 228 Å². The first-order valence-corrected chi connectivity index (χ1v) is 13.8. The minimum Gasteiger partial charge on any atom is -0.508 e. The molecule has 4 unspecified atom stereocenters. The van der Waals surface area contributed by atoms with Crippen LogP contribution in [0, 0.1) is 0 Å². The number of carbonyl (C=O) groups excluding carboxylic acids is 3. The number of nitrogens with zero attached hydrogens (tertiary/aromatic N) is 2. The number of carboxylic acid groups (broad SMARTS) is 1. The Hall–Kier alpha value is -5.50. The average molecular weight is 603 g/mol. The van der Waals surface area contributed by atoms with Gasteiger partial charge in [0.1, 0.15) is 23.9 Å². The molecule has 0 fully saturated rings. The summed E-state index contributed by atoms with van der Waals surface area (Å²) >= 11 is 0. The van der Waals surface area contributed by atoms with Gasteiger partial charge in [-0.25, -0.2) is 14.8 Å². The van der Waals surface area contributed by atoms with E-state index >= 15 is 0 Å². The maximum Gasteiger partial charge on any atom is 0.326 e. The van der Waals surface area contributed by atoms with Gasteiger partial charge in [0.15, 0.2) is 0 Å². The van der Waals surface area contributed by atoms with Gasteiger partial charge in [-0.1, -0.05) is 42.5 Å². The number of hydrogen-bond acceptors (Lipinski definition) is 8. The number of imidazole rings is 2. The van der Waals surface area contributed by atoms with Gasteiger partial charge in [0.2, 0.25) is 17.7 Å². The lowest BCUT2D eigenvalue weighted by Crippen LogP contribution is -2.58. The summed E-state index contributed by atoms with van der Waals surface area (Å²) in [5.41, 5.74) is 8.56. The number of phenolic OH excluding ortho intramolecular Hbond substituents is 1. The SMILES string of the molecule is NC(Cc1cnc[nH]1)C(=O)NC(Cc1cnc[nH]1)C(=O)NC(Cc1ccc(O)cc1)C(=O)NC(Cc1ccccc1)C(=O)O. The van der Waals surface area contributed by atoms with Crippen molar-refractivity contribution in [2.24, 2.45) is 5.73 Å². The number of carboxylic acids is 1. The lowest BCUT2D eigenvalue weighted by Gasteiger charge is -2.25. The molecule has 0 aliphatic rings. The summed E-state index contributed by atoms with van der Waals surface area (Å²) in [6.45, 7) is 0. The van der Waals surface area contributed by atoms with Gasteiger partial charge in [0, 0.05) is 49.5 Å². The zero-order valence-corrected chi connectivity index (χ0v) is 23.6. The zero-order valence-electron chi connectivity index (χ0n) is 23.6. The van der Waals surface area contributed by atoms with Crippen LogP contribution in [-0.2, 0) is 44.9 Å². The fourth-order valence-corrected chi connectivity index (χ4v) is 4.50. The second-order valence-electron chi connectivity index (χ2n) is 10.3. The Morgan fingerprint density at radius 3 is 1.75 bits per heavy atom. The van der Waals surface area contributed by atoms with Crippen molar-refractivity contribution in [2.75, 3.05) is 0 Å². The molecule has 14 nitrogen and oxygen atoms in total. The highest BCUT2D eigenvalue weighted by Crippen LogP contribution is 2.13. The molecule has 0 saturated carbocycles. The maximum atomic E-state index is 13.7. The van der Waals surface area contributed by atoms with Crippen molar-refractivity contribution in [3.05, 3.63) is 102 Å². The van der Waals surface area contributed by atoms with E-state index in [0.29, 0.717) is 22.5 Å². The van der Waals surface area contributed by atoms with Crippen molar-refractivity contribution >= 4 is 23.7 Å². The second-order valence-corrected chi connectivity index (χ2v) is 10.3. The highest BCUT2D eigenvalue weighted by molar-refractivity contribution is 5.94. The lowest BCUT2D eigenvalue weighted by atomic mass is 10.0. The van der Waals surface area contributed by atoms with Gasteiger partial charge in [0.05, 0.1) is 18.7 Å². The average Bonchev–Trinajstić information content (AvgIpc) is 3.72. The largest absolute Gasteiger partial charge is 0.508 e. The number of aromatic nitrogens is 4. The summed E-state index contributed by atoms with van der Waals surface area (Å²) in [5, 5.41) is 27.4. The molecule has 2 aromatic heterocycles. The van der Waals surface area contributed by atoms with Gasteiger partial charge in [-0.2, -0.15) is 0 Å². The number of hydrogen-bond donors (Lipinski definition) is 8. The van der Waals surface area contributed by atoms with Gasteiger partial charge in [-0.3, -0.25) is 14.4 Å². The number of carbonyl (C=O) groups is 4. The van der Waals surface area contributed by atoms with E-state index in [-0.39, 0.29) is 31.4 Å². The third-order valence-electron chi connectivity index (χ3n) is 6.85. The zero-order chi connectivity index (χ0) is 31.5. The summed E-state index contributed by atoms with van der Waals surface area (Å²) in [6.07, 6.45) is 6.07. The predicted molar refractivity (Wildman–Crippen MR) is 158 cm³/mol. The number of nitrogens with two attached hydrogens (primary N) is 1. The highest BCUT2D eigenvalue weighted by atomic mass is 16.4. The maximum absolute atomic E-state index is 13.7. The third-order valence-corrected chi connectivity index (χ3v) is 6.85. The number of nitrogens with one attached hydrogen (secondary N) is 5. The number of benzene rings is 2. The Bertz CT molecular complexity index is 1510. The third kappa shape index (κ3) is 9.25. The molecule has 4 aromatic rings. The van der Waals surface area contributed by atoms with E-state index in [9.17, 15) is 29.4 Å². The van der Waals surface area contributed by atoms with E-state index in [0.717, 1.165) is 0 Å². The Morgan fingerprint density at radius 2 is 1.18 bits per heavy atom. The van der Waals surface area contributed by atoms with Crippen LogP contribution in [0.4, 0.5) is 0 Å². The number of aliphatic carboxylic acids is 1. The Labute approximate surface area is 252 Å². The van der Waals surface area contributed by atoms with Crippen LogP contribution in [0.15, 0.2) is 79.6 Å². The lowest BCUT2D eigenvalue weighted by molar-refractivity contribution is -0.142. The molecular weight excluding hydrogens is 568 g/mol. The smallest absolute Gasteiger partial charge is 0.326 e. The van der Waals surface area contributed by atoms with E-state index in [1.807, 2.05) is 0 Å². The van der Waals surface area contributed by atoms with Crippen molar-refractivity contribution in [3.8, 4) is 5.75 Å². The van der Waals surface area contributed by atoms with Gasteiger partial charge >= 0.3 is 5.97 Å². The molecule has 3 amide bonds. The molecule has 4 rings (SSSR count). The minimum absolute atomic E-state index is 0.00760. The Kier molecular flexibility index (Phi) is 10.8. The standard InChI is InChI=1S/C30H34N8O6/c31-23(12-20-14-32-16-34-20)27(40)36-25(13-21-15-33-17-35-21)29(42)37-24(10-19-6-8-22(39)9-7-19)28(41)38-26(30(43)44)11-18-4-2-1-3-5-18/h1-9,14-17,23-26,39H,10-13,31H2,(H,32,34)(H,33,35)(H,36,40)(H,37,42)(H,38,41)(H,43,44). The monoisotopic (exact) mass is 602 g/mol. The van der Waals surface area contributed by atoms with Crippen LogP contribution in [-0.4, -0.2) is 78.0 Å². The molecular formula is C30H34N8O6. The summed E-state index contributed by atoms with van der Waals surface area (Å²) < 4.78 is 0. The molecule has 0 aliphatic heterocycles. The summed E-state index contributed by atoms with van der Waals surface area (Å²) in [5.74, 6) is -3.27. The normalized spacial score (nSPS) is 13.7. The summed E-state index contributed by atoms with van der Waals surface area (Å²) in [6, 6.07) is 10.2. The van der Waals surface area contributed by atoms with Crippen LogP contribution in [0.25, 0.3) is 0 Å². The molecule has 2 aromatic carbocycles. The predicted octanol–water partition coefficient (Wildman–Crippen LogP) is -0.0247. The van der Waals surface area contributed by atoms with Crippen molar-refractivity contribution in [2.45, 2.75) is 49.9 Å². The number of aromatic hydroxyl groups is 1. The molecule has 0 bridgehead atoms. The first-order valence-electron chi connectivity index (χ1n) is 13.8. The minimum atomic E-state index is -1.27. The van der Waals surface area contributed by atoms with Crippen molar-refractivity contribution in [1.82, 2.24) is 35.9 Å². The molecule has 0 aliphatic carbocycles. The molecule has 44 heavy (non-hydrogen) atoms. The van der Waals surface area contributed by atoms with Crippen LogP contribution in [0.1, 0.15) is 22.5 Å². The van der Waals surface area contributed by atoms with Crippen LogP contribution < -0.4 is 21.7 Å². The molecule has 0 saturated heterocycles. The fraction of sp³-hybridized carbons (Fsp3) is 0.267. The van der Waals surface area contributed by atoms with Gasteiger partial charge in [-0.15, -0.1) is 0 Å². The quantitative estimate of drug-likeness (QED) is 0.0912. The first kappa shape index (κ1) is 31.4. The van der Waals surface area contributed by atoms with E-state index in [4.69, 9.17) is 5.73 Å². The van der Waals surface area contributed by atoms with Gasteiger partial charge in [0.25, 0.3) is 0 Å². The van der Waals surface area contributed by atoms with Crippen molar-refractivity contribution in [1.29, 1.82) is 0 Å². The van der Waals surface area contributed by atoms with E-state index in [1.165, 1.54) is 37.2 Å². The van der Waals surface area contributed by atoms with Crippen LogP contribution >= 0.6 is 0 Å². The number of aromatic amines is 2. The van der Waals surface area contributed by atoms with Crippen LogP contribution in [0.3, 0.4) is 0 Å². The van der Waals surface area contributed by atoms with E-state index in [2.05, 4.69) is 35.9 Å². The molecule has 0 radical (unpaired) electrons. The van der Waals surface area contributed by atoms with Crippen molar-refractivity contribution < 1.29 is 29.4 Å². The Balaban J connectivity index is 1.53. The number of H-pyrrole nitrogens is 2. The van der Waals surface area contributed by atoms with Gasteiger partial charge in [-0.05, 0) is 23.3 Å². The molecule has 14 heteroatoms.